The standard InChI is InChI=1S/C19H20N4O3/c1-3-25-19(24)16-20-17(15-12(2)22-26-18(15)21-16)23-10-9-14(11-23)13-7-5-4-6-8-13/h4-8,14H,3,9-11H2,1-2H3/t14-/m1/s1. The van der Waals surface area contributed by atoms with Gasteiger partial charge in [-0.1, -0.05) is 35.5 Å². The van der Waals surface area contributed by atoms with E-state index in [0.29, 0.717) is 23.1 Å². The molecule has 3 aromatic rings. The van der Waals surface area contributed by atoms with E-state index in [1.165, 1.54) is 5.56 Å². The first kappa shape index (κ1) is 16.5. The minimum atomic E-state index is -0.552. The smallest absolute Gasteiger partial charge is 0.376 e. The van der Waals surface area contributed by atoms with Crippen molar-refractivity contribution in [2.45, 2.75) is 26.2 Å². The van der Waals surface area contributed by atoms with Gasteiger partial charge in [0.25, 0.3) is 5.71 Å². The molecule has 3 heterocycles. The molecule has 0 amide bonds. The van der Waals surface area contributed by atoms with Crippen LogP contribution in [0.5, 0.6) is 0 Å². The molecule has 0 aliphatic carbocycles. The van der Waals surface area contributed by atoms with Gasteiger partial charge in [-0.3, -0.25) is 0 Å². The summed E-state index contributed by atoms with van der Waals surface area (Å²) in [7, 11) is 0. The molecule has 1 fully saturated rings. The van der Waals surface area contributed by atoms with Gasteiger partial charge >= 0.3 is 5.97 Å². The van der Waals surface area contributed by atoms with Gasteiger partial charge in [0.15, 0.2) is 0 Å². The van der Waals surface area contributed by atoms with Crippen molar-refractivity contribution in [1.29, 1.82) is 0 Å². The number of benzene rings is 1. The first-order chi connectivity index (χ1) is 12.7. The number of carbonyl (C=O) groups is 1. The molecule has 0 spiro atoms. The Morgan fingerprint density at radius 3 is 2.88 bits per heavy atom. The number of fused-ring (bicyclic) bond motifs is 1. The molecule has 0 radical (unpaired) electrons. The van der Waals surface area contributed by atoms with Gasteiger partial charge in [0, 0.05) is 19.0 Å². The Balaban J connectivity index is 1.71. The van der Waals surface area contributed by atoms with E-state index in [1.54, 1.807) is 6.92 Å². The summed E-state index contributed by atoms with van der Waals surface area (Å²) in [6, 6.07) is 10.4. The van der Waals surface area contributed by atoms with Crippen LogP contribution in [0.3, 0.4) is 0 Å². The molecule has 1 aliphatic heterocycles. The maximum atomic E-state index is 12.1. The van der Waals surface area contributed by atoms with Crippen molar-refractivity contribution in [2.24, 2.45) is 0 Å². The summed E-state index contributed by atoms with van der Waals surface area (Å²) < 4.78 is 10.3. The molecule has 7 nitrogen and oxygen atoms in total. The molecular formula is C19H20N4O3. The average Bonchev–Trinajstić information content (AvgIpc) is 3.30. The molecule has 0 unspecified atom stereocenters. The summed E-state index contributed by atoms with van der Waals surface area (Å²) >= 11 is 0. The van der Waals surface area contributed by atoms with Crippen LogP contribution < -0.4 is 4.90 Å². The van der Waals surface area contributed by atoms with Crippen molar-refractivity contribution in [3.63, 3.8) is 0 Å². The highest BCUT2D eigenvalue weighted by atomic mass is 16.5. The van der Waals surface area contributed by atoms with E-state index in [4.69, 9.17) is 9.26 Å². The lowest BCUT2D eigenvalue weighted by Gasteiger charge is -2.19. The number of aryl methyl sites for hydroxylation is 1. The lowest BCUT2D eigenvalue weighted by molar-refractivity contribution is 0.0512. The fourth-order valence-electron chi connectivity index (χ4n) is 3.43. The highest BCUT2D eigenvalue weighted by Gasteiger charge is 2.29. The van der Waals surface area contributed by atoms with Gasteiger partial charge in [-0.2, -0.15) is 4.98 Å². The van der Waals surface area contributed by atoms with Crippen LogP contribution in [0.2, 0.25) is 0 Å². The number of esters is 1. The number of rotatable bonds is 4. The molecule has 2 aromatic heterocycles. The molecule has 0 saturated carbocycles. The molecule has 26 heavy (non-hydrogen) atoms. The summed E-state index contributed by atoms with van der Waals surface area (Å²) in [6.07, 6.45) is 1.02. The SMILES string of the molecule is CCOC(=O)c1nc(N2CC[C@@H](c3ccccc3)C2)c2c(C)noc2n1. The second-order valence-electron chi connectivity index (χ2n) is 6.38. The Labute approximate surface area is 151 Å². The van der Waals surface area contributed by atoms with Gasteiger partial charge in [-0.15, -0.1) is 0 Å². The summed E-state index contributed by atoms with van der Waals surface area (Å²) in [6.45, 7) is 5.54. The van der Waals surface area contributed by atoms with Crippen molar-refractivity contribution in [1.82, 2.24) is 15.1 Å². The quantitative estimate of drug-likeness (QED) is 0.667. The van der Waals surface area contributed by atoms with E-state index in [9.17, 15) is 4.79 Å². The van der Waals surface area contributed by atoms with Crippen molar-refractivity contribution in [2.75, 3.05) is 24.6 Å². The topological polar surface area (TPSA) is 81.4 Å². The zero-order valence-corrected chi connectivity index (χ0v) is 14.8. The Bertz CT molecular complexity index is 939. The summed E-state index contributed by atoms with van der Waals surface area (Å²) in [4.78, 5) is 23.0. The number of aromatic nitrogens is 3. The van der Waals surface area contributed by atoms with Gasteiger partial charge in [0.2, 0.25) is 5.82 Å². The van der Waals surface area contributed by atoms with Crippen molar-refractivity contribution in [3.8, 4) is 0 Å². The van der Waals surface area contributed by atoms with Crippen molar-refractivity contribution >= 4 is 22.9 Å². The number of hydrogen-bond acceptors (Lipinski definition) is 7. The van der Waals surface area contributed by atoms with Crippen molar-refractivity contribution < 1.29 is 14.1 Å². The van der Waals surface area contributed by atoms with E-state index in [-0.39, 0.29) is 12.4 Å². The minimum absolute atomic E-state index is 0.00802. The predicted molar refractivity (Wildman–Crippen MR) is 96.3 cm³/mol. The van der Waals surface area contributed by atoms with Crippen LogP contribution in [0.1, 0.15) is 41.1 Å². The Kier molecular flexibility index (Phi) is 4.28. The van der Waals surface area contributed by atoms with E-state index in [0.717, 1.165) is 24.9 Å². The van der Waals surface area contributed by atoms with Crippen LogP contribution >= 0.6 is 0 Å². The molecule has 1 saturated heterocycles. The lowest BCUT2D eigenvalue weighted by atomic mass is 9.99. The molecular weight excluding hydrogens is 332 g/mol. The monoisotopic (exact) mass is 352 g/mol. The van der Waals surface area contributed by atoms with E-state index < -0.39 is 5.97 Å². The number of hydrogen-bond donors (Lipinski definition) is 0. The summed E-state index contributed by atoms with van der Waals surface area (Å²) in [5, 5.41) is 4.75. The largest absolute Gasteiger partial charge is 0.460 e. The Morgan fingerprint density at radius 2 is 2.12 bits per heavy atom. The summed E-state index contributed by atoms with van der Waals surface area (Å²) in [5.41, 5.74) is 2.35. The normalized spacial score (nSPS) is 17.0. The maximum absolute atomic E-state index is 12.1. The molecule has 4 rings (SSSR count). The van der Waals surface area contributed by atoms with E-state index >= 15 is 0 Å². The predicted octanol–water partition coefficient (Wildman–Crippen LogP) is 3.10. The number of anilines is 1. The van der Waals surface area contributed by atoms with Gasteiger partial charge in [0.05, 0.1) is 12.3 Å². The Morgan fingerprint density at radius 1 is 1.31 bits per heavy atom. The third-order valence-corrected chi connectivity index (χ3v) is 4.70. The molecule has 0 N–H and O–H groups in total. The number of ether oxygens (including phenoxy) is 1. The van der Waals surface area contributed by atoms with Crippen molar-refractivity contribution in [3.05, 3.63) is 47.4 Å². The second kappa shape index (κ2) is 6.74. The fraction of sp³-hybridized carbons (Fsp3) is 0.368. The van der Waals surface area contributed by atoms with Gasteiger partial charge < -0.3 is 14.2 Å². The number of carbonyl (C=O) groups excluding carboxylic acids is 1. The van der Waals surface area contributed by atoms with Crippen LogP contribution in [0.25, 0.3) is 11.1 Å². The molecule has 1 aliphatic rings. The van der Waals surface area contributed by atoms with Gasteiger partial charge in [-0.25, -0.2) is 9.78 Å². The zero-order chi connectivity index (χ0) is 18.1. The van der Waals surface area contributed by atoms with Crippen LogP contribution in [0.15, 0.2) is 34.9 Å². The fourth-order valence-corrected chi connectivity index (χ4v) is 3.43. The zero-order valence-electron chi connectivity index (χ0n) is 14.8. The van der Waals surface area contributed by atoms with Gasteiger partial charge in [0.1, 0.15) is 11.2 Å². The average molecular weight is 352 g/mol. The van der Waals surface area contributed by atoms with E-state index in [1.807, 2.05) is 13.0 Å². The van der Waals surface area contributed by atoms with Crippen LogP contribution in [-0.4, -0.2) is 40.8 Å². The first-order valence-electron chi connectivity index (χ1n) is 8.78. The van der Waals surface area contributed by atoms with E-state index in [2.05, 4.69) is 44.3 Å². The summed E-state index contributed by atoms with van der Waals surface area (Å²) in [5.74, 6) is 0.569. The highest BCUT2D eigenvalue weighted by molar-refractivity contribution is 5.93. The van der Waals surface area contributed by atoms with Crippen LogP contribution in [-0.2, 0) is 4.74 Å². The first-order valence-corrected chi connectivity index (χ1v) is 8.78. The maximum Gasteiger partial charge on any atom is 0.376 e. The second-order valence-corrected chi connectivity index (χ2v) is 6.38. The highest BCUT2D eigenvalue weighted by Crippen LogP contribution is 2.34. The third-order valence-electron chi connectivity index (χ3n) is 4.70. The Hall–Kier alpha value is -2.96. The third kappa shape index (κ3) is 2.89. The molecule has 7 heteroatoms. The van der Waals surface area contributed by atoms with Crippen LogP contribution in [0, 0.1) is 6.92 Å². The molecule has 1 aromatic carbocycles. The number of nitrogens with zero attached hydrogens (tertiary/aromatic N) is 4. The minimum Gasteiger partial charge on any atom is -0.460 e. The molecule has 0 bridgehead atoms. The molecule has 1 atom stereocenters. The van der Waals surface area contributed by atoms with Crippen LogP contribution in [0.4, 0.5) is 5.82 Å². The molecule has 134 valence electrons. The van der Waals surface area contributed by atoms with Gasteiger partial charge in [-0.05, 0) is 25.8 Å². The lowest BCUT2D eigenvalue weighted by Crippen LogP contribution is -2.22.